The van der Waals surface area contributed by atoms with Crippen LogP contribution in [0.3, 0.4) is 0 Å². The minimum Gasteiger partial charge on any atom is -0.439 e. The van der Waals surface area contributed by atoms with Crippen molar-refractivity contribution < 1.29 is 19.1 Å². The molecule has 0 spiro atoms. The summed E-state index contributed by atoms with van der Waals surface area (Å²) in [6.07, 6.45) is 3.26. The highest BCUT2D eigenvalue weighted by atomic mass is 32.2. The predicted octanol–water partition coefficient (Wildman–Crippen LogP) is 3.15. The number of amides is 1. The van der Waals surface area contributed by atoms with Gasteiger partial charge in [0.25, 0.3) is 5.91 Å². The Morgan fingerprint density at radius 3 is 2.45 bits per heavy atom. The average molecular weight is 411 g/mol. The number of anilines is 2. The van der Waals surface area contributed by atoms with E-state index in [4.69, 9.17) is 15.2 Å². The molecule has 0 radical (unpaired) electrons. The van der Waals surface area contributed by atoms with Crippen LogP contribution in [0.5, 0.6) is 17.5 Å². The second-order valence-electron chi connectivity index (χ2n) is 5.62. The van der Waals surface area contributed by atoms with Gasteiger partial charge in [0.1, 0.15) is 11.3 Å². The first-order valence-electron chi connectivity index (χ1n) is 8.36. The highest BCUT2D eigenvalue weighted by Gasteiger charge is 2.22. The number of nitrogens with two attached hydrogens (primary N) is 1. The number of ether oxygens (including phenoxy) is 2. The van der Waals surface area contributed by atoms with Gasteiger partial charge in [-0.3, -0.25) is 9.59 Å². The minimum absolute atomic E-state index is 0.103. The molecule has 0 aliphatic carbocycles. The number of benzene rings is 1. The molecule has 3 N–H and O–H groups in total. The maximum Gasteiger partial charge on any atom is 0.309 e. The Balaban J connectivity index is 1.88. The first-order valence-corrected chi connectivity index (χ1v) is 9.59. The van der Waals surface area contributed by atoms with Gasteiger partial charge in [-0.15, -0.1) is 0 Å². The van der Waals surface area contributed by atoms with Crippen LogP contribution in [-0.2, 0) is 4.79 Å². The van der Waals surface area contributed by atoms with Crippen LogP contribution in [0, 0.1) is 0 Å². The Bertz CT molecular complexity index is 1030. The van der Waals surface area contributed by atoms with Crippen molar-refractivity contribution in [1.29, 1.82) is 0 Å². The van der Waals surface area contributed by atoms with E-state index < -0.39 is 11.9 Å². The summed E-state index contributed by atoms with van der Waals surface area (Å²) in [5.74, 6) is -0.523. The molecular formula is C19H17N5O4S. The highest BCUT2D eigenvalue weighted by Crippen LogP contribution is 2.29. The Hall–Kier alpha value is -3.66. The van der Waals surface area contributed by atoms with Crippen LogP contribution >= 0.6 is 11.8 Å². The van der Waals surface area contributed by atoms with Crippen LogP contribution in [0.25, 0.3) is 0 Å². The lowest BCUT2D eigenvalue weighted by Crippen LogP contribution is -2.19. The van der Waals surface area contributed by atoms with Crippen LogP contribution in [0.2, 0.25) is 0 Å². The highest BCUT2D eigenvalue weighted by molar-refractivity contribution is 7.98. The van der Waals surface area contributed by atoms with Gasteiger partial charge in [-0.1, -0.05) is 30.0 Å². The van der Waals surface area contributed by atoms with E-state index in [1.54, 1.807) is 18.4 Å². The molecule has 1 aromatic carbocycles. The third kappa shape index (κ3) is 5.20. The number of carbonyl (C=O) groups is 2. The first kappa shape index (κ1) is 20.1. The van der Waals surface area contributed by atoms with Gasteiger partial charge in [0, 0.05) is 13.0 Å². The van der Waals surface area contributed by atoms with Crippen LogP contribution in [-0.4, -0.2) is 33.1 Å². The molecule has 0 saturated heterocycles. The number of hydrogen-bond donors (Lipinski definition) is 2. The number of para-hydroxylation sites is 1. The van der Waals surface area contributed by atoms with E-state index in [0.717, 1.165) is 0 Å². The molecule has 3 rings (SSSR count). The lowest BCUT2D eigenvalue weighted by atomic mass is 10.2. The fourth-order valence-electron chi connectivity index (χ4n) is 2.30. The van der Waals surface area contributed by atoms with E-state index in [-0.39, 0.29) is 17.3 Å². The third-order valence-corrected chi connectivity index (χ3v) is 4.04. The van der Waals surface area contributed by atoms with Crippen LogP contribution in [0.15, 0.2) is 53.8 Å². The topological polar surface area (TPSA) is 129 Å². The number of aromatic nitrogens is 3. The van der Waals surface area contributed by atoms with E-state index in [0.29, 0.717) is 22.5 Å². The summed E-state index contributed by atoms with van der Waals surface area (Å²) >= 11 is 1.22. The summed E-state index contributed by atoms with van der Waals surface area (Å²) in [6, 6.07) is 12.6. The summed E-state index contributed by atoms with van der Waals surface area (Å²) in [5.41, 5.74) is 5.84. The maximum atomic E-state index is 11.9. The molecule has 0 atom stereocenters. The van der Waals surface area contributed by atoms with E-state index in [1.807, 2.05) is 30.3 Å². The molecule has 10 heteroatoms. The van der Waals surface area contributed by atoms with E-state index in [9.17, 15) is 9.59 Å². The van der Waals surface area contributed by atoms with Gasteiger partial charge in [0.2, 0.25) is 11.8 Å². The second kappa shape index (κ2) is 9.02. The summed E-state index contributed by atoms with van der Waals surface area (Å²) in [7, 11) is 0. The molecule has 0 bridgehead atoms. The molecule has 1 amide bonds. The lowest BCUT2D eigenvalue weighted by molar-refractivity contribution is -0.132. The van der Waals surface area contributed by atoms with E-state index >= 15 is 0 Å². The minimum atomic E-state index is -0.839. The Kier molecular flexibility index (Phi) is 6.25. The van der Waals surface area contributed by atoms with Crippen molar-refractivity contribution in [2.24, 2.45) is 5.73 Å². The number of hydrogen-bond acceptors (Lipinski definition) is 9. The zero-order valence-corrected chi connectivity index (χ0v) is 16.4. The molecule has 3 aromatic rings. The van der Waals surface area contributed by atoms with Gasteiger partial charge in [0.05, 0.1) is 11.9 Å². The maximum absolute atomic E-state index is 11.9. The van der Waals surface area contributed by atoms with Crippen molar-refractivity contribution in [3.8, 4) is 17.5 Å². The monoisotopic (exact) mass is 411 g/mol. The number of esters is 1. The molecule has 2 heterocycles. The summed E-state index contributed by atoms with van der Waals surface area (Å²) < 4.78 is 10.7. The van der Waals surface area contributed by atoms with Crippen molar-refractivity contribution in [3.63, 3.8) is 0 Å². The normalized spacial score (nSPS) is 10.3. The number of pyridine rings is 1. The summed E-state index contributed by atoms with van der Waals surface area (Å²) in [5, 5.41) is 3.26. The lowest BCUT2D eigenvalue weighted by Gasteiger charge is -2.13. The molecule has 29 heavy (non-hydrogen) atoms. The van der Waals surface area contributed by atoms with Crippen molar-refractivity contribution in [2.75, 3.05) is 11.6 Å². The number of primary amides is 1. The zero-order chi connectivity index (χ0) is 20.8. The number of nitrogens with one attached hydrogen (secondary N) is 1. The van der Waals surface area contributed by atoms with Crippen molar-refractivity contribution in [3.05, 3.63) is 54.2 Å². The van der Waals surface area contributed by atoms with Gasteiger partial charge < -0.3 is 20.5 Å². The van der Waals surface area contributed by atoms with E-state index in [2.05, 4.69) is 20.3 Å². The number of thioether (sulfide) groups is 1. The fourth-order valence-corrected chi connectivity index (χ4v) is 2.65. The van der Waals surface area contributed by atoms with Crippen LogP contribution in [0.4, 0.5) is 11.5 Å². The average Bonchev–Trinajstić information content (AvgIpc) is 2.69. The third-order valence-electron chi connectivity index (χ3n) is 3.49. The first-order chi connectivity index (χ1) is 14.0. The molecule has 0 fully saturated rings. The Morgan fingerprint density at radius 2 is 1.86 bits per heavy atom. The van der Waals surface area contributed by atoms with Crippen molar-refractivity contribution >= 4 is 35.1 Å². The predicted molar refractivity (Wildman–Crippen MR) is 108 cm³/mol. The second-order valence-corrected chi connectivity index (χ2v) is 6.40. The van der Waals surface area contributed by atoms with Gasteiger partial charge in [-0.05, 0) is 24.5 Å². The van der Waals surface area contributed by atoms with Gasteiger partial charge in [0.15, 0.2) is 11.0 Å². The molecule has 0 unspecified atom stereocenters. The van der Waals surface area contributed by atoms with E-state index in [1.165, 1.54) is 24.9 Å². The Morgan fingerprint density at radius 1 is 1.10 bits per heavy atom. The van der Waals surface area contributed by atoms with Crippen LogP contribution < -0.4 is 20.5 Å². The molecule has 0 saturated carbocycles. The molecule has 0 aliphatic rings. The quantitative estimate of drug-likeness (QED) is 0.342. The largest absolute Gasteiger partial charge is 0.439 e. The van der Waals surface area contributed by atoms with Gasteiger partial charge >= 0.3 is 5.97 Å². The fraction of sp³-hybridized carbons (Fsp3) is 0.105. The molecule has 2 aromatic heterocycles. The SMILES string of the molecule is CSc1nc(Nc2ccc(Oc3ccccc3)nc2)c(C(N)=O)c(OC(C)=O)n1. The smallest absolute Gasteiger partial charge is 0.309 e. The Labute approximate surface area is 170 Å². The molecule has 0 aliphatic heterocycles. The molecule has 148 valence electrons. The summed E-state index contributed by atoms with van der Waals surface area (Å²) in [6.45, 7) is 1.20. The summed E-state index contributed by atoms with van der Waals surface area (Å²) in [4.78, 5) is 35.8. The van der Waals surface area contributed by atoms with Gasteiger partial charge in [-0.2, -0.15) is 4.98 Å². The number of rotatable bonds is 7. The number of nitrogens with zero attached hydrogens (tertiary/aromatic N) is 3. The van der Waals surface area contributed by atoms with Gasteiger partial charge in [-0.25, -0.2) is 9.97 Å². The van der Waals surface area contributed by atoms with Crippen molar-refractivity contribution in [1.82, 2.24) is 15.0 Å². The molecule has 9 nitrogen and oxygen atoms in total. The number of carbonyl (C=O) groups excluding carboxylic acids is 2. The standard InChI is InChI=1S/C19H17N5O4S/c1-11(25)27-18-15(16(20)26)17(23-19(24-18)29-2)22-12-8-9-14(21-10-12)28-13-6-4-3-5-7-13/h3-10H,1-2H3,(H2,20,26)(H,22,23,24). The van der Waals surface area contributed by atoms with Crippen molar-refractivity contribution in [2.45, 2.75) is 12.1 Å². The van der Waals surface area contributed by atoms with Crippen LogP contribution in [0.1, 0.15) is 17.3 Å². The zero-order valence-electron chi connectivity index (χ0n) is 15.6. The molecular weight excluding hydrogens is 394 g/mol.